The zero-order valence-electron chi connectivity index (χ0n) is 9.22. The van der Waals surface area contributed by atoms with Crippen LogP contribution in [0.5, 0.6) is 0 Å². The van der Waals surface area contributed by atoms with Gasteiger partial charge >= 0.3 is 0 Å². The summed E-state index contributed by atoms with van der Waals surface area (Å²) in [7, 11) is 4.36. The molecule has 0 amide bonds. The quantitative estimate of drug-likeness (QED) is 0.614. The molecule has 1 heteroatoms. The number of rotatable bonds is 2. The summed E-state index contributed by atoms with van der Waals surface area (Å²) in [5.74, 6) is 1.81. The first-order valence-corrected chi connectivity index (χ1v) is 5.09. The minimum Gasteiger partial charge on any atom is -0.309 e. The largest absolute Gasteiger partial charge is 0.309 e. The van der Waals surface area contributed by atoms with Crippen LogP contribution >= 0.6 is 0 Å². The highest BCUT2D eigenvalue weighted by atomic mass is 15.1. The van der Waals surface area contributed by atoms with E-state index in [1.165, 1.54) is 19.4 Å². The maximum atomic E-state index is 2.43. The van der Waals surface area contributed by atoms with Crippen molar-refractivity contribution < 1.29 is 0 Å². The normalized spacial score (nSPS) is 34.5. The summed E-state index contributed by atoms with van der Waals surface area (Å²) in [6, 6.07) is 0. The number of hydrogen-bond acceptors (Lipinski definition) is 1. The van der Waals surface area contributed by atoms with E-state index >= 15 is 0 Å². The minimum absolute atomic E-state index is 0.560. The molecule has 0 N–H and O–H groups in total. The SMILES string of the molecule is CC1CCC(CN(C)C)C1(C)C. The lowest BCUT2D eigenvalue weighted by Crippen LogP contribution is -2.31. The molecule has 0 radical (unpaired) electrons. The number of hydrogen-bond donors (Lipinski definition) is 0. The Morgan fingerprint density at radius 3 is 2.17 bits per heavy atom. The third-order valence-electron chi connectivity index (χ3n) is 3.86. The van der Waals surface area contributed by atoms with Gasteiger partial charge in [0.2, 0.25) is 0 Å². The van der Waals surface area contributed by atoms with Crippen molar-refractivity contribution in [2.75, 3.05) is 20.6 Å². The predicted molar refractivity (Wildman–Crippen MR) is 54.2 cm³/mol. The fraction of sp³-hybridized carbons (Fsp3) is 1.00. The Labute approximate surface area is 77.1 Å². The van der Waals surface area contributed by atoms with Crippen LogP contribution in [-0.2, 0) is 0 Å². The fourth-order valence-corrected chi connectivity index (χ4v) is 2.36. The average molecular weight is 169 g/mol. The highest BCUT2D eigenvalue weighted by Gasteiger charge is 2.40. The molecule has 0 aliphatic heterocycles. The lowest BCUT2D eigenvalue weighted by molar-refractivity contribution is 0.162. The van der Waals surface area contributed by atoms with Crippen molar-refractivity contribution in [1.29, 1.82) is 0 Å². The second-order valence-corrected chi connectivity index (χ2v) is 5.26. The van der Waals surface area contributed by atoms with Gasteiger partial charge < -0.3 is 4.90 Å². The Kier molecular flexibility index (Phi) is 2.82. The van der Waals surface area contributed by atoms with Crippen molar-refractivity contribution in [2.45, 2.75) is 33.6 Å². The first-order chi connectivity index (χ1) is 5.44. The molecular formula is C11H23N. The van der Waals surface area contributed by atoms with E-state index in [1.54, 1.807) is 0 Å². The Hall–Kier alpha value is -0.0400. The van der Waals surface area contributed by atoms with Gasteiger partial charge in [0.25, 0.3) is 0 Å². The fourth-order valence-electron chi connectivity index (χ4n) is 2.36. The van der Waals surface area contributed by atoms with Crippen LogP contribution in [0.2, 0.25) is 0 Å². The first-order valence-electron chi connectivity index (χ1n) is 5.09. The lowest BCUT2D eigenvalue weighted by atomic mass is 9.76. The lowest BCUT2D eigenvalue weighted by Gasteiger charge is -2.33. The molecule has 2 atom stereocenters. The third kappa shape index (κ3) is 1.82. The number of nitrogens with zero attached hydrogens (tertiary/aromatic N) is 1. The van der Waals surface area contributed by atoms with Gasteiger partial charge in [0.15, 0.2) is 0 Å². The van der Waals surface area contributed by atoms with Gasteiger partial charge in [0, 0.05) is 6.54 Å². The van der Waals surface area contributed by atoms with Gasteiger partial charge in [-0.3, -0.25) is 0 Å². The summed E-state index contributed by atoms with van der Waals surface area (Å²) in [4.78, 5) is 2.32. The molecule has 1 saturated carbocycles. The van der Waals surface area contributed by atoms with E-state index in [4.69, 9.17) is 0 Å². The molecule has 12 heavy (non-hydrogen) atoms. The van der Waals surface area contributed by atoms with Crippen LogP contribution in [0.1, 0.15) is 33.6 Å². The molecule has 0 aromatic heterocycles. The Morgan fingerprint density at radius 1 is 1.25 bits per heavy atom. The molecule has 0 bridgehead atoms. The van der Waals surface area contributed by atoms with Crippen molar-refractivity contribution in [3.8, 4) is 0 Å². The van der Waals surface area contributed by atoms with Gasteiger partial charge in [0.05, 0.1) is 0 Å². The van der Waals surface area contributed by atoms with Gasteiger partial charge in [-0.15, -0.1) is 0 Å². The summed E-state index contributed by atoms with van der Waals surface area (Å²) in [5, 5.41) is 0. The molecule has 1 aliphatic carbocycles. The second-order valence-electron chi connectivity index (χ2n) is 5.26. The smallest absolute Gasteiger partial charge is 0.000876 e. The predicted octanol–water partition coefficient (Wildman–Crippen LogP) is 2.62. The highest BCUT2D eigenvalue weighted by molar-refractivity contribution is 4.90. The zero-order chi connectivity index (χ0) is 9.35. The van der Waals surface area contributed by atoms with E-state index in [0.29, 0.717) is 5.41 Å². The van der Waals surface area contributed by atoms with Gasteiger partial charge in [-0.1, -0.05) is 20.8 Å². The van der Waals surface area contributed by atoms with Gasteiger partial charge in [-0.05, 0) is 44.2 Å². The summed E-state index contributed by atoms with van der Waals surface area (Å²) < 4.78 is 0. The molecule has 0 heterocycles. The highest BCUT2D eigenvalue weighted by Crippen LogP contribution is 2.47. The molecule has 1 rings (SSSR count). The molecule has 0 saturated heterocycles. The average Bonchev–Trinajstić information content (AvgIpc) is 2.15. The van der Waals surface area contributed by atoms with Crippen LogP contribution in [0.15, 0.2) is 0 Å². The summed E-state index contributed by atoms with van der Waals surface area (Å²) in [6.07, 6.45) is 2.85. The monoisotopic (exact) mass is 169 g/mol. The van der Waals surface area contributed by atoms with E-state index in [1.807, 2.05) is 0 Å². The zero-order valence-corrected chi connectivity index (χ0v) is 9.22. The van der Waals surface area contributed by atoms with E-state index in [9.17, 15) is 0 Å². The first kappa shape index (κ1) is 10.0. The molecule has 0 aromatic rings. The molecule has 2 unspecified atom stereocenters. The van der Waals surface area contributed by atoms with E-state index in [2.05, 4.69) is 39.8 Å². The molecule has 1 aliphatic rings. The van der Waals surface area contributed by atoms with Crippen LogP contribution in [0.3, 0.4) is 0 Å². The minimum atomic E-state index is 0.560. The Morgan fingerprint density at radius 2 is 1.83 bits per heavy atom. The van der Waals surface area contributed by atoms with Gasteiger partial charge in [-0.2, -0.15) is 0 Å². The summed E-state index contributed by atoms with van der Waals surface area (Å²) in [5.41, 5.74) is 0.560. The Balaban J connectivity index is 2.56. The molecule has 0 spiro atoms. The van der Waals surface area contributed by atoms with Crippen molar-refractivity contribution >= 4 is 0 Å². The van der Waals surface area contributed by atoms with Crippen LogP contribution in [0, 0.1) is 17.3 Å². The van der Waals surface area contributed by atoms with Crippen molar-refractivity contribution in [3.05, 3.63) is 0 Å². The van der Waals surface area contributed by atoms with Crippen molar-refractivity contribution in [2.24, 2.45) is 17.3 Å². The Bertz CT molecular complexity index is 149. The maximum absolute atomic E-state index is 2.43. The summed E-state index contributed by atoms with van der Waals surface area (Å²) >= 11 is 0. The van der Waals surface area contributed by atoms with E-state index < -0.39 is 0 Å². The van der Waals surface area contributed by atoms with Crippen LogP contribution < -0.4 is 0 Å². The molecule has 72 valence electrons. The van der Waals surface area contributed by atoms with Crippen LogP contribution in [0.25, 0.3) is 0 Å². The van der Waals surface area contributed by atoms with Crippen molar-refractivity contribution in [1.82, 2.24) is 4.90 Å². The molecule has 0 aromatic carbocycles. The van der Waals surface area contributed by atoms with Crippen LogP contribution in [0.4, 0.5) is 0 Å². The standard InChI is InChI=1S/C11H23N/c1-9-6-7-10(8-12(4)5)11(9,2)3/h9-10H,6-8H2,1-5H3. The van der Waals surface area contributed by atoms with Crippen molar-refractivity contribution in [3.63, 3.8) is 0 Å². The molecular weight excluding hydrogens is 146 g/mol. The van der Waals surface area contributed by atoms with Crippen LogP contribution in [-0.4, -0.2) is 25.5 Å². The second kappa shape index (κ2) is 3.37. The summed E-state index contributed by atoms with van der Waals surface area (Å²) in [6.45, 7) is 8.52. The molecule has 1 nitrogen and oxygen atoms in total. The van der Waals surface area contributed by atoms with Gasteiger partial charge in [-0.25, -0.2) is 0 Å². The maximum Gasteiger partial charge on any atom is 0.000876 e. The topological polar surface area (TPSA) is 3.24 Å². The van der Waals surface area contributed by atoms with E-state index in [0.717, 1.165) is 11.8 Å². The van der Waals surface area contributed by atoms with Gasteiger partial charge in [0.1, 0.15) is 0 Å². The molecule has 1 fully saturated rings. The van der Waals surface area contributed by atoms with E-state index in [-0.39, 0.29) is 0 Å². The third-order valence-corrected chi connectivity index (χ3v) is 3.86.